The van der Waals surface area contributed by atoms with E-state index in [4.69, 9.17) is 9.47 Å². The molecule has 8 heteroatoms. The Balaban J connectivity index is 1.69. The van der Waals surface area contributed by atoms with Crippen LogP contribution in [-0.4, -0.2) is 42.1 Å². The molecule has 1 atom stereocenters. The topological polar surface area (TPSA) is 97.0 Å². The van der Waals surface area contributed by atoms with Crippen LogP contribution in [0.5, 0.6) is 11.5 Å². The van der Waals surface area contributed by atoms with Crippen LogP contribution in [0, 0.1) is 0 Å². The number of rotatable bonds is 8. The summed E-state index contributed by atoms with van der Waals surface area (Å²) in [5.41, 5.74) is 2.58. The number of hydrazine groups is 1. The monoisotopic (exact) mass is 411 g/mol. The number of carbonyl (C=O) groups excluding carboxylic acids is 3. The molecule has 0 aliphatic carbocycles. The molecule has 3 rings (SSSR count). The molecule has 1 saturated heterocycles. The van der Waals surface area contributed by atoms with Gasteiger partial charge in [0.15, 0.2) is 11.5 Å². The molecule has 0 spiro atoms. The van der Waals surface area contributed by atoms with Gasteiger partial charge in [-0.05, 0) is 50.5 Å². The maximum Gasteiger partial charge on any atom is 0.344 e. The molecule has 1 aliphatic rings. The molecule has 1 fully saturated rings. The molecule has 0 saturated carbocycles. The highest BCUT2D eigenvalue weighted by atomic mass is 16.5. The van der Waals surface area contributed by atoms with Crippen LogP contribution in [0.4, 0.5) is 4.79 Å². The minimum atomic E-state index is -1.10. The van der Waals surface area contributed by atoms with E-state index in [2.05, 4.69) is 10.7 Å². The van der Waals surface area contributed by atoms with Crippen LogP contribution in [0.25, 0.3) is 0 Å². The maximum absolute atomic E-state index is 12.9. The van der Waals surface area contributed by atoms with Crippen molar-refractivity contribution in [2.45, 2.75) is 32.2 Å². The molecule has 2 aromatic carbocycles. The number of benzene rings is 2. The second kappa shape index (κ2) is 8.86. The standard InChI is InChI=1S/C22H25N3O5/c1-4-30-17-11-10-16(14-18(17)29-3)19(26)24-25-20(27)22(2,23-21(25)28)13-12-15-8-6-5-7-9-15/h5-11,14H,4,12-13H2,1-3H3,(H,23,28)(H,24,26). The van der Waals surface area contributed by atoms with Crippen molar-refractivity contribution in [3.05, 3.63) is 59.7 Å². The van der Waals surface area contributed by atoms with Gasteiger partial charge in [0.1, 0.15) is 5.54 Å². The zero-order chi connectivity index (χ0) is 21.7. The highest BCUT2D eigenvalue weighted by molar-refractivity contribution is 6.09. The highest BCUT2D eigenvalue weighted by Gasteiger charge is 2.48. The van der Waals surface area contributed by atoms with Crippen LogP contribution < -0.4 is 20.2 Å². The Labute approximate surface area is 175 Å². The fourth-order valence-corrected chi connectivity index (χ4v) is 3.24. The number of nitrogens with one attached hydrogen (secondary N) is 2. The van der Waals surface area contributed by atoms with E-state index < -0.39 is 23.4 Å². The number of carbonyl (C=O) groups is 3. The zero-order valence-corrected chi connectivity index (χ0v) is 17.2. The molecule has 1 aliphatic heterocycles. The first-order valence-corrected chi connectivity index (χ1v) is 9.70. The highest BCUT2D eigenvalue weighted by Crippen LogP contribution is 2.28. The van der Waals surface area contributed by atoms with Crippen molar-refractivity contribution in [1.82, 2.24) is 15.8 Å². The number of aryl methyl sites for hydroxylation is 1. The van der Waals surface area contributed by atoms with Crippen molar-refractivity contribution in [3.63, 3.8) is 0 Å². The van der Waals surface area contributed by atoms with Crippen LogP contribution >= 0.6 is 0 Å². The molecule has 158 valence electrons. The van der Waals surface area contributed by atoms with Crippen molar-refractivity contribution in [3.8, 4) is 11.5 Å². The maximum atomic E-state index is 12.9. The smallest absolute Gasteiger partial charge is 0.344 e. The van der Waals surface area contributed by atoms with E-state index in [1.54, 1.807) is 13.0 Å². The molecule has 0 bridgehead atoms. The fraction of sp³-hybridized carbons (Fsp3) is 0.318. The molecule has 8 nitrogen and oxygen atoms in total. The third-order valence-corrected chi connectivity index (χ3v) is 4.96. The quantitative estimate of drug-likeness (QED) is 0.651. The third kappa shape index (κ3) is 4.37. The van der Waals surface area contributed by atoms with E-state index in [1.165, 1.54) is 19.2 Å². The third-order valence-electron chi connectivity index (χ3n) is 4.96. The van der Waals surface area contributed by atoms with E-state index in [-0.39, 0.29) is 5.56 Å². The van der Waals surface area contributed by atoms with Crippen molar-refractivity contribution in [2.75, 3.05) is 13.7 Å². The number of methoxy groups -OCH3 is 1. The van der Waals surface area contributed by atoms with Crippen molar-refractivity contribution in [1.29, 1.82) is 0 Å². The predicted octanol–water partition coefficient (Wildman–Crippen LogP) is 2.68. The van der Waals surface area contributed by atoms with Crippen molar-refractivity contribution >= 4 is 17.8 Å². The molecule has 1 heterocycles. The minimum absolute atomic E-state index is 0.230. The number of hydrogen-bond acceptors (Lipinski definition) is 5. The van der Waals surface area contributed by atoms with E-state index in [0.717, 1.165) is 10.6 Å². The van der Waals surface area contributed by atoms with Gasteiger partial charge in [-0.3, -0.25) is 15.0 Å². The van der Waals surface area contributed by atoms with E-state index in [0.29, 0.717) is 30.9 Å². The molecule has 1 unspecified atom stereocenters. The normalized spacial score (nSPS) is 18.2. The molecule has 2 N–H and O–H groups in total. The van der Waals surface area contributed by atoms with Gasteiger partial charge in [-0.15, -0.1) is 0 Å². The number of nitrogens with zero attached hydrogens (tertiary/aromatic N) is 1. The minimum Gasteiger partial charge on any atom is -0.493 e. The Kier molecular flexibility index (Phi) is 6.25. The molecular weight excluding hydrogens is 386 g/mol. The number of amides is 4. The van der Waals surface area contributed by atoms with E-state index in [9.17, 15) is 14.4 Å². The Morgan fingerprint density at radius 2 is 1.87 bits per heavy atom. The summed E-state index contributed by atoms with van der Waals surface area (Å²) in [6.45, 7) is 3.95. The summed E-state index contributed by atoms with van der Waals surface area (Å²) in [5, 5.41) is 3.42. The Hall–Kier alpha value is -3.55. The average Bonchev–Trinajstić information content (AvgIpc) is 2.96. The predicted molar refractivity (Wildman–Crippen MR) is 110 cm³/mol. The SMILES string of the molecule is CCOc1ccc(C(=O)NN2C(=O)NC(C)(CCc3ccccc3)C2=O)cc1OC. The van der Waals surface area contributed by atoms with Crippen LogP contribution in [0.1, 0.15) is 36.2 Å². The molecule has 0 aromatic heterocycles. The van der Waals surface area contributed by atoms with Gasteiger partial charge in [0.05, 0.1) is 13.7 Å². The van der Waals surface area contributed by atoms with Crippen LogP contribution in [-0.2, 0) is 11.2 Å². The van der Waals surface area contributed by atoms with Crippen molar-refractivity contribution < 1.29 is 23.9 Å². The summed E-state index contributed by atoms with van der Waals surface area (Å²) >= 11 is 0. The fourth-order valence-electron chi connectivity index (χ4n) is 3.24. The second-order valence-corrected chi connectivity index (χ2v) is 7.13. The van der Waals surface area contributed by atoms with Gasteiger partial charge in [-0.2, -0.15) is 5.01 Å². The van der Waals surface area contributed by atoms with Gasteiger partial charge >= 0.3 is 6.03 Å². The lowest BCUT2D eigenvalue weighted by Gasteiger charge is -2.21. The Morgan fingerprint density at radius 1 is 1.13 bits per heavy atom. The van der Waals surface area contributed by atoms with Gasteiger partial charge in [0.25, 0.3) is 11.8 Å². The lowest BCUT2D eigenvalue weighted by molar-refractivity contribution is -0.132. The van der Waals surface area contributed by atoms with E-state index >= 15 is 0 Å². The lowest BCUT2D eigenvalue weighted by Crippen LogP contribution is -2.48. The first-order chi connectivity index (χ1) is 14.4. The van der Waals surface area contributed by atoms with Crippen LogP contribution in [0.15, 0.2) is 48.5 Å². The summed E-state index contributed by atoms with van der Waals surface area (Å²) in [4.78, 5) is 37.9. The number of hydrogen-bond donors (Lipinski definition) is 2. The van der Waals surface area contributed by atoms with Gasteiger partial charge in [0.2, 0.25) is 0 Å². The molecule has 0 radical (unpaired) electrons. The summed E-state index contributed by atoms with van der Waals surface area (Å²) in [7, 11) is 1.47. The number of ether oxygens (including phenoxy) is 2. The van der Waals surface area contributed by atoms with Gasteiger partial charge in [0, 0.05) is 5.56 Å². The van der Waals surface area contributed by atoms with E-state index in [1.807, 2.05) is 37.3 Å². The van der Waals surface area contributed by atoms with Crippen LogP contribution in [0.2, 0.25) is 0 Å². The molecule has 4 amide bonds. The van der Waals surface area contributed by atoms with Gasteiger partial charge in [-0.1, -0.05) is 30.3 Å². The summed E-state index contributed by atoms with van der Waals surface area (Å²) in [6.07, 6.45) is 1.02. The van der Waals surface area contributed by atoms with Gasteiger partial charge in [-0.25, -0.2) is 4.79 Å². The molecular formula is C22H25N3O5. The van der Waals surface area contributed by atoms with Crippen LogP contribution in [0.3, 0.4) is 0 Å². The zero-order valence-electron chi connectivity index (χ0n) is 17.2. The number of imide groups is 1. The first-order valence-electron chi connectivity index (χ1n) is 9.70. The Bertz CT molecular complexity index is 947. The summed E-state index contributed by atoms with van der Waals surface area (Å²) in [5.74, 6) is -0.226. The molecule has 30 heavy (non-hydrogen) atoms. The lowest BCUT2D eigenvalue weighted by atomic mass is 9.93. The second-order valence-electron chi connectivity index (χ2n) is 7.13. The summed E-state index contributed by atoms with van der Waals surface area (Å²) in [6, 6.07) is 13.7. The largest absolute Gasteiger partial charge is 0.493 e. The summed E-state index contributed by atoms with van der Waals surface area (Å²) < 4.78 is 10.7. The average molecular weight is 411 g/mol. The number of urea groups is 1. The van der Waals surface area contributed by atoms with Crippen molar-refractivity contribution in [2.24, 2.45) is 0 Å². The first kappa shape index (κ1) is 21.2. The Morgan fingerprint density at radius 3 is 2.53 bits per heavy atom. The van der Waals surface area contributed by atoms with Gasteiger partial charge < -0.3 is 14.8 Å². The molecule has 2 aromatic rings.